The second kappa shape index (κ2) is 5.60. The number of nitrogens with one attached hydrogen (secondary N) is 1. The predicted octanol–water partition coefficient (Wildman–Crippen LogP) is 1.97. The van der Waals surface area contributed by atoms with Crippen molar-refractivity contribution in [2.24, 2.45) is 0 Å². The van der Waals surface area contributed by atoms with Crippen LogP contribution in [-0.2, 0) is 9.53 Å². The van der Waals surface area contributed by atoms with E-state index in [0.29, 0.717) is 11.8 Å². The van der Waals surface area contributed by atoms with Crippen LogP contribution in [0.2, 0.25) is 0 Å². The van der Waals surface area contributed by atoms with Crippen LogP contribution in [0.15, 0.2) is 21.6 Å². The molecule has 1 aliphatic rings. The number of carbonyl (C=O) groups excluding carboxylic acids is 1. The van der Waals surface area contributed by atoms with E-state index in [1.165, 1.54) is 7.11 Å². The van der Waals surface area contributed by atoms with Crippen LogP contribution < -0.4 is 5.32 Å². The summed E-state index contributed by atoms with van der Waals surface area (Å²) in [6.45, 7) is 1.92. The molecule has 5 heteroatoms. The SMILES string of the molecule is COC(=O)C(CSc1ccoc1C)NC1CC1. The molecule has 1 aromatic rings. The second-order valence-corrected chi connectivity index (χ2v) is 5.23. The van der Waals surface area contributed by atoms with E-state index in [-0.39, 0.29) is 12.0 Å². The highest BCUT2D eigenvalue weighted by Crippen LogP contribution is 2.25. The topological polar surface area (TPSA) is 51.5 Å². The zero-order valence-corrected chi connectivity index (χ0v) is 10.9. The molecular formula is C12H17NO3S. The molecule has 0 amide bonds. The van der Waals surface area contributed by atoms with Crippen LogP contribution in [-0.4, -0.2) is 30.9 Å². The van der Waals surface area contributed by atoms with Crippen LogP contribution in [0.3, 0.4) is 0 Å². The summed E-state index contributed by atoms with van der Waals surface area (Å²) in [7, 11) is 1.43. The normalized spacial score (nSPS) is 16.8. The molecule has 0 aromatic carbocycles. The van der Waals surface area contributed by atoms with E-state index < -0.39 is 0 Å². The Kier molecular flexibility index (Phi) is 4.12. The summed E-state index contributed by atoms with van der Waals surface area (Å²) in [6, 6.07) is 2.18. The number of aryl methyl sites for hydroxylation is 1. The quantitative estimate of drug-likeness (QED) is 0.622. The van der Waals surface area contributed by atoms with Crippen molar-refractivity contribution in [1.82, 2.24) is 5.32 Å². The highest BCUT2D eigenvalue weighted by Gasteiger charge is 2.29. The molecule has 1 atom stereocenters. The average molecular weight is 255 g/mol. The molecule has 1 heterocycles. The molecule has 0 saturated heterocycles. The van der Waals surface area contributed by atoms with Gasteiger partial charge in [0.15, 0.2) is 0 Å². The second-order valence-electron chi connectivity index (χ2n) is 4.17. The zero-order chi connectivity index (χ0) is 12.3. The number of ether oxygens (including phenoxy) is 1. The third-order valence-corrected chi connectivity index (χ3v) is 3.95. The molecule has 1 aliphatic carbocycles. The van der Waals surface area contributed by atoms with Gasteiger partial charge in [-0.3, -0.25) is 4.79 Å². The van der Waals surface area contributed by atoms with Gasteiger partial charge in [0.2, 0.25) is 0 Å². The lowest BCUT2D eigenvalue weighted by molar-refractivity contribution is -0.142. The van der Waals surface area contributed by atoms with Crippen molar-refractivity contribution in [3.63, 3.8) is 0 Å². The number of hydrogen-bond acceptors (Lipinski definition) is 5. The summed E-state index contributed by atoms with van der Waals surface area (Å²) in [5.74, 6) is 1.37. The summed E-state index contributed by atoms with van der Waals surface area (Å²) in [5.41, 5.74) is 0. The highest BCUT2D eigenvalue weighted by molar-refractivity contribution is 7.99. The first kappa shape index (κ1) is 12.5. The van der Waals surface area contributed by atoms with Crippen molar-refractivity contribution in [1.29, 1.82) is 0 Å². The minimum absolute atomic E-state index is 0.189. The maximum absolute atomic E-state index is 11.6. The molecule has 1 fully saturated rings. The molecular weight excluding hydrogens is 238 g/mol. The van der Waals surface area contributed by atoms with Gasteiger partial charge in [-0.05, 0) is 25.8 Å². The van der Waals surface area contributed by atoms with Gasteiger partial charge in [0.25, 0.3) is 0 Å². The highest BCUT2D eigenvalue weighted by atomic mass is 32.2. The first-order chi connectivity index (χ1) is 8.20. The zero-order valence-electron chi connectivity index (χ0n) is 10.1. The van der Waals surface area contributed by atoms with Crippen molar-refractivity contribution in [3.8, 4) is 0 Å². The number of methoxy groups -OCH3 is 1. The van der Waals surface area contributed by atoms with Crippen molar-refractivity contribution in [2.45, 2.75) is 36.7 Å². The lowest BCUT2D eigenvalue weighted by Gasteiger charge is -2.15. The van der Waals surface area contributed by atoms with E-state index in [1.807, 2.05) is 13.0 Å². The first-order valence-electron chi connectivity index (χ1n) is 5.71. The van der Waals surface area contributed by atoms with Gasteiger partial charge >= 0.3 is 5.97 Å². The number of thioether (sulfide) groups is 1. The van der Waals surface area contributed by atoms with Gasteiger partial charge in [0.05, 0.1) is 13.4 Å². The van der Waals surface area contributed by atoms with Gasteiger partial charge in [-0.1, -0.05) is 0 Å². The Morgan fingerprint density at radius 1 is 1.71 bits per heavy atom. The number of hydrogen-bond donors (Lipinski definition) is 1. The van der Waals surface area contributed by atoms with Crippen molar-refractivity contribution in [2.75, 3.05) is 12.9 Å². The van der Waals surface area contributed by atoms with Gasteiger partial charge < -0.3 is 14.5 Å². The molecule has 0 radical (unpaired) electrons. The predicted molar refractivity (Wildman–Crippen MR) is 66.1 cm³/mol. The molecule has 2 rings (SSSR count). The van der Waals surface area contributed by atoms with E-state index in [9.17, 15) is 4.79 Å². The van der Waals surface area contributed by atoms with Gasteiger partial charge in [0.1, 0.15) is 11.8 Å². The largest absolute Gasteiger partial charge is 0.468 e. The fourth-order valence-electron chi connectivity index (χ4n) is 1.56. The van der Waals surface area contributed by atoms with E-state index in [0.717, 1.165) is 23.5 Å². The maximum Gasteiger partial charge on any atom is 0.323 e. The first-order valence-corrected chi connectivity index (χ1v) is 6.70. The maximum atomic E-state index is 11.6. The third kappa shape index (κ3) is 3.51. The van der Waals surface area contributed by atoms with Crippen molar-refractivity contribution >= 4 is 17.7 Å². The molecule has 1 saturated carbocycles. The average Bonchev–Trinajstić information content (AvgIpc) is 3.06. The summed E-state index contributed by atoms with van der Waals surface area (Å²) in [4.78, 5) is 12.7. The Morgan fingerprint density at radius 2 is 2.47 bits per heavy atom. The van der Waals surface area contributed by atoms with Crippen molar-refractivity contribution < 1.29 is 13.9 Å². The lowest BCUT2D eigenvalue weighted by atomic mass is 10.3. The minimum Gasteiger partial charge on any atom is -0.468 e. The minimum atomic E-state index is -0.230. The molecule has 0 aliphatic heterocycles. The Hall–Kier alpha value is -0.940. The number of esters is 1. The van der Waals surface area contributed by atoms with Crippen LogP contribution in [0.4, 0.5) is 0 Å². The number of furan rings is 1. The molecule has 1 aromatic heterocycles. The molecule has 0 spiro atoms. The van der Waals surface area contributed by atoms with Crippen LogP contribution in [0.25, 0.3) is 0 Å². The third-order valence-electron chi connectivity index (χ3n) is 2.72. The smallest absolute Gasteiger partial charge is 0.323 e. The number of carbonyl (C=O) groups is 1. The molecule has 0 bridgehead atoms. The monoisotopic (exact) mass is 255 g/mol. The fraction of sp³-hybridized carbons (Fsp3) is 0.583. The Balaban J connectivity index is 1.88. The van der Waals surface area contributed by atoms with Crippen molar-refractivity contribution in [3.05, 3.63) is 18.1 Å². The van der Waals surface area contributed by atoms with E-state index in [4.69, 9.17) is 9.15 Å². The Labute approximate surface area is 105 Å². The van der Waals surface area contributed by atoms with Crippen LogP contribution in [0.5, 0.6) is 0 Å². The molecule has 4 nitrogen and oxygen atoms in total. The van der Waals surface area contributed by atoms with E-state index >= 15 is 0 Å². The Morgan fingerprint density at radius 3 is 3.00 bits per heavy atom. The molecule has 17 heavy (non-hydrogen) atoms. The summed E-state index contributed by atoms with van der Waals surface area (Å²) < 4.78 is 10.0. The van der Waals surface area contributed by atoms with Gasteiger partial charge in [-0.2, -0.15) is 0 Å². The van der Waals surface area contributed by atoms with E-state index in [1.54, 1.807) is 18.0 Å². The van der Waals surface area contributed by atoms with Crippen LogP contribution >= 0.6 is 11.8 Å². The Bertz CT molecular complexity index is 387. The van der Waals surface area contributed by atoms with Gasteiger partial charge in [-0.15, -0.1) is 11.8 Å². The fourth-order valence-corrected chi connectivity index (χ4v) is 2.54. The van der Waals surface area contributed by atoms with Gasteiger partial charge in [-0.25, -0.2) is 0 Å². The summed E-state index contributed by atoms with van der Waals surface area (Å²) in [6.07, 6.45) is 3.98. The van der Waals surface area contributed by atoms with Crippen LogP contribution in [0, 0.1) is 6.92 Å². The van der Waals surface area contributed by atoms with Gasteiger partial charge in [0, 0.05) is 16.7 Å². The summed E-state index contributed by atoms with van der Waals surface area (Å²) in [5, 5.41) is 3.30. The molecule has 1 N–H and O–H groups in total. The van der Waals surface area contributed by atoms with Crippen LogP contribution in [0.1, 0.15) is 18.6 Å². The van der Waals surface area contributed by atoms with E-state index in [2.05, 4.69) is 5.32 Å². The molecule has 94 valence electrons. The standard InChI is InChI=1S/C12H17NO3S/c1-8-11(5-6-16-8)17-7-10(12(14)15-2)13-9-3-4-9/h5-6,9-10,13H,3-4,7H2,1-2H3. The molecule has 1 unspecified atom stereocenters. The lowest BCUT2D eigenvalue weighted by Crippen LogP contribution is -2.40. The summed E-state index contributed by atoms with van der Waals surface area (Å²) >= 11 is 1.62. The number of rotatable bonds is 6.